The van der Waals surface area contributed by atoms with Crippen molar-refractivity contribution < 1.29 is 9.47 Å². The van der Waals surface area contributed by atoms with Crippen molar-refractivity contribution in [2.24, 2.45) is 5.73 Å². The summed E-state index contributed by atoms with van der Waals surface area (Å²) in [7, 11) is 1.68. The number of pyridine rings is 1. The summed E-state index contributed by atoms with van der Waals surface area (Å²) < 4.78 is 10.8. The van der Waals surface area contributed by atoms with Crippen LogP contribution in [0, 0.1) is 6.92 Å². The van der Waals surface area contributed by atoms with Gasteiger partial charge in [0.15, 0.2) is 0 Å². The third-order valence-electron chi connectivity index (χ3n) is 3.09. The molecule has 0 bridgehead atoms. The second-order valence-corrected chi connectivity index (χ2v) is 4.60. The Labute approximate surface area is 108 Å². The lowest BCUT2D eigenvalue weighted by molar-refractivity contribution is -0.0264. The predicted octanol–water partition coefficient (Wildman–Crippen LogP) is 0.558. The molecule has 5 nitrogen and oxygen atoms in total. The molecule has 1 aromatic rings. The molecular formula is C13H21N3O2. The molecule has 1 fully saturated rings. The van der Waals surface area contributed by atoms with E-state index in [2.05, 4.69) is 9.88 Å². The number of nitrogens with zero attached hydrogens (tertiary/aromatic N) is 2. The van der Waals surface area contributed by atoms with Crippen LogP contribution in [0.5, 0.6) is 5.75 Å². The number of hydrogen-bond acceptors (Lipinski definition) is 5. The fourth-order valence-corrected chi connectivity index (χ4v) is 2.20. The molecule has 1 aliphatic rings. The van der Waals surface area contributed by atoms with Gasteiger partial charge in [-0.1, -0.05) is 0 Å². The average Bonchev–Trinajstić information content (AvgIpc) is 2.38. The Hall–Kier alpha value is -1.17. The van der Waals surface area contributed by atoms with Crippen molar-refractivity contribution in [2.45, 2.75) is 19.6 Å². The number of morpholine rings is 1. The maximum Gasteiger partial charge on any atom is 0.122 e. The van der Waals surface area contributed by atoms with E-state index < -0.39 is 0 Å². The Morgan fingerprint density at radius 3 is 3.11 bits per heavy atom. The number of hydrogen-bond donors (Lipinski definition) is 1. The first-order chi connectivity index (χ1) is 8.71. The van der Waals surface area contributed by atoms with Crippen LogP contribution < -0.4 is 10.5 Å². The van der Waals surface area contributed by atoms with Gasteiger partial charge in [0.1, 0.15) is 5.75 Å². The molecule has 2 N–H and O–H groups in total. The molecule has 1 aliphatic heterocycles. The molecule has 0 spiro atoms. The van der Waals surface area contributed by atoms with E-state index in [1.807, 2.05) is 19.1 Å². The Bertz CT molecular complexity index is 398. The minimum atomic E-state index is 0.144. The van der Waals surface area contributed by atoms with Crippen molar-refractivity contribution >= 4 is 0 Å². The van der Waals surface area contributed by atoms with Gasteiger partial charge in [-0.05, 0) is 6.92 Å². The fraction of sp³-hybridized carbons (Fsp3) is 0.615. The zero-order chi connectivity index (χ0) is 13.0. The van der Waals surface area contributed by atoms with Crippen LogP contribution in [0.3, 0.4) is 0 Å². The number of aromatic nitrogens is 1. The Morgan fingerprint density at radius 1 is 1.56 bits per heavy atom. The Balaban J connectivity index is 2.02. The summed E-state index contributed by atoms with van der Waals surface area (Å²) in [6.07, 6.45) is 0.144. The quantitative estimate of drug-likeness (QED) is 0.847. The lowest BCUT2D eigenvalue weighted by Gasteiger charge is -2.32. The summed E-state index contributed by atoms with van der Waals surface area (Å²) in [5.41, 5.74) is 7.65. The van der Waals surface area contributed by atoms with Crippen molar-refractivity contribution in [3.8, 4) is 5.75 Å². The van der Waals surface area contributed by atoms with E-state index in [4.69, 9.17) is 15.2 Å². The van der Waals surface area contributed by atoms with Crippen LogP contribution in [0.2, 0.25) is 0 Å². The molecule has 1 unspecified atom stereocenters. The summed E-state index contributed by atoms with van der Waals surface area (Å²) in [5.74, 6) is 0.862. The highest BCUT2D eigenvalue weighted by Crippen LogP contribution is 2.16. The highest BCUT2D eigenvalue weighted by Gasteiger charge is 2.19. The molecule has 18 heavy (non-hydrogen) atoms. The SMILES string of the molecule is COc1cc(C)nc(CN2CCOC(CN)C2)c1. The van der Waals surface area contributed by atoms with Crippen LogP contribution in [-0.2, 0) is 11.3 Å². The highest BCUT2D eigenvalue weighted by atomic mass is 16.5. The van der Waals surface area contributed by atoms with E-state index in [9.17, 15) is 0 Å². The molecule has 0 aliphatic carbocycles. The third kappa shape index (κ3) is 3.41. The molecule has 2 heterocycles. The largest absolute Gasteiger partial charge is 0.497 e. The molecule has 0 saturated carbocycles. The van der Waals surface area contributed by atoms with Crippen LogP contribution in [0.25, 0.3) is 0 Å². The van der Waals surface area contributed by atoms with E-state index in [1.54, 1.807) is 7.11 Å². The van der Waals surface area contributed by atoms with E-state index in [0.717, 1.165) is 43.4 Å². The van der Waals surface area contributed by atoms with Gasteiger partial charge < -0.3 is 15.2 Å². The van der Waals surface area contributed by atoms with Gasteiger partial charge >= 0.3 is 0 Å². The van der Waals surface area contributed by atoms with E-state index in [1.165, 1.54) is 0 Å². The average molecular weight is 251 g/mol. The minimum absolute atomic E-state index is 0.144. The molecule has 0 radical (unpaired) electrons. The lowest BCUT2D eigenvalue weighted by atomic mass is 10.2. The number of aryl methyl sites for hydroxylation is 1. The van der Waals surface area contributed by atoms with E-state index in [0.29, 0.717) is 6.54 Å². The zero-order valence-corrected chi connectivity index (χ0v) is 11.1. The standard InChI is InChI=1S/C13H21N3O2/c1-10-5-12(17-2)6-11(15-10)8-16-3-4-18-13(7-14)9-16/h5-6,13H,3-4,7-9,14H2,1-2H3. The van der Waals surface area contributed by atoms with Crippen molar-refractivity contribution in [1.29, 1.82) is 0 Å². The molecule has 100 valence electrons. The van der Waals surface area contributed by atoms with Crippen LogP contribution in [0.1, 0.15) is 11.4 Å². The maximum absolute atomic E-state index is 5.64. The normalized spacial score (nSPS) is 20.9. The van der Waals surface area contributed by atoms with Crippen molar-refractivity contribution in [3.63, 3.8) is 0 Å². The summed E-state index contributed by atoms with van der Waals surface area (Å²) in [5, 5.41) is 0. The van der Waals surface area contributed by atoms with Crippen LogP contribution in [0.4, 0.5) is 0 Å². The number of methoxy groups -OCH3 is 1. The highest BCUT2D eigenvalue weighted by molar-refractivity contribution is 5.26. The molecule has 5 heteroatoms. The molecular weight excluding hydrogens is 230 g/mol. The second-order valence-electron chi connectivity index (χ2n) is 4.60. The summed E-state index contributed by atoms with van der Waals surface area (Å²) in [4.78, 5) is 6.85. The maximum atomic E-state index is 5.64. The van der Waals surface area contributed by atoms with E-state index in [-0.39, 0.29) is 6.10 Å². The Morgan fingerprint density at radius 2 is 2.39 bits per heavy atom. The van der Waals surface area contributed by atoms with Gasteiger partial charge in [-0.3, -0.25) is 9.88 Å². The monoisotopic (exact) mass is 251 g/mol. The lowest BCUT2D eigenvalue weighted by Crippen LogP contribution is -2.45. The van der Waals surface area contributed by atoms with Gasteiger partial charge in [0.2, 0.25) is 0 Å². The van der Waals surface area contributed by atoms with Gasteiger partial charge in [-0.2, -0.15) is 0 Å². The molecule has 0 amide bonds. The zero-order valence-electron chi connectivity index (χ0n) is 11.1. The minimum Gasteiger partial charge on any atom is -0.497 e. The second kappa shape index (κ2) is 6.13. The smallest absolute Gasteiger partial charge is 0.122 e. The fourth-order valence-electron chi connectivity index (χ4n) is 2.20. The molecule has 1 saturated heterocycles. The van der Waals surface area contributed by atoms with Crippen molar-refractivity contribution in [1.82, 2.24) is 9.88 Å². The van der Waals surface area contributed by atoms with Gasteiger partial charge in [0.05, 0.1) is 25.5 Å². The number of rotatable bonds is 4. The number of ether oxygens (including phenoxy) is 2. The number of nitrogens with two attached hydrogens (primary N) is 1. The van der Waals surface area contributed by atoms with Crippen molar-refractivity contribution in [2.75, 3.05) is 33.4 Å². The van der Waals surface area contributed by atoms with Crippen LogP contribution >= 0.6 is 0 Å². The first-order valence-corrected chi connectivity index (χ1v) is 6.27. The Kier molecular flexibility index (Phi) is 4.52. The van der Waals surface area contributed by atoms with Gasteiger partial charge in [0.25, 0.3) is 0 Å². The molecule has 1 aromatic heterocycles. The predicted molar refractivity (Wildman–Crippen MR) is 69.6 cm³/mol. The van der Waals surface area contributed by atoms with Crippen molar-refractivity contribution in [3.05, 3.63) is 23.5 Å². The van der Waals surface area contributed by atoms with Crippen LogP contribution in [-0.4, -0.2) is 49.3 Å². The van der Waals surface area contributed by atoms with E-state index >= 15 is 0 Å². The van der Waals surface area contributed by atoms with Gasteiger partial charge in [0, 0.05) is 44.0 Å². The van der Waals surface area contributed by atoms with Gasteiger partial charge in [-0.25, -0.2) is 0 Å². The summed E-state index contributed by atoms with van der Waals surface area (Å²) in [6.45, 7) is 5.90. The topological polar surface area (TPSA) is 60.6 Å². The van der Waals surface area contributed by atoms with Gasteiger partial charge in [-0.15, -0.1) is 0 Å². The summed E-state index contributed by atoms with van der Waals surface area (Å²) in [6, 6.07) is 3.92. The molecule has 2 rings (SSSR count). The third-order valence-corrected chi connectivity index (χ3v) is 3.09. The first-order valence-electron chi connectivity index (χ1n) is 6.27. The summed E-state index contributed by atoms with van der Waals surface area (Å²) >= 11 is 0. The van der Waals surface area contributed by atoms with Crippen LogP contribution in [0.15, 0.2) is 12.1 Å². The molecule has 1 atom stereocenters. The molecule has 0 aromatic carbocycles. The first kappa shape index (κ1) is 13.3.